The Balaban J connectivity index is 1.64. The monoisotopic (exact) mass is 524 g/mol. The Bertz CT molecular complexity index is 1340. The Morgan fingerprint density at radius 3 is 2.63 bits per heavy atom. The van der Waals surface area contributed by atoms with E-state index in [9.17, 15) is 14.3 Å². The average molecular weight is 525 g/mol. The number of nitrogens with zero attached hydrogens (tertiary/aromatic N) is 6. The van der Waals surface area contributed by atoms with Crippen molar-refractivity contribution in [2.75, 3.05) is 44.7 Å². The number of pyridine rings is 2. The van der Waals surface area contributed by atoms with E-state index in [0.717, 1.165) is 13.1 Å². The van der Waals surface area contributed by atoms with Gasteiger partial charge in [-0.05, 0) is 33.8 Å². The van der Waals surface area contributed by atoms with Gasteiger partial charge in [0.05, 0.1) is 48.4 Å². The van der Waals surface area contributed by atoms with E-state index in [0.29, 0.717) is 47.9 Å². The minimum atomic E-state index is -1.64. The smallest absolute Gasteiger partial charge is 0.255 e. The molecule has 202 valence electrons. The third-order valence-electron chi connectivity index (χ3n) is 6.68. The van der Waals surface area contributed by atoms with Crippen molar-refractivity contribution < 1.29 is 19.0 Å². The summed E-state index contributed by atoms with van der Waals surface area (Å²) in [5.41, 5.74) is -0.186. The number of carbonyl (C=O) groups excluding carboxylic acids is 1. The number of nitriles is 1. The molecule has 0 bridgehead atoms. The van der Waals surface area contributed by atoms with Crippen LogP contribution in [-0.4, -0.2) is 92.4 Å². The summed E-state index contributed by atoms with van der Waals surface area (Å²) < 4.78 is 21.3. The van der Waals surface area contributed by atoms with Crippen LogP contribution in [0.3, 0.4) is 0 Å². The fraction of sp³-hybridized carbons (Fsp3) is 0.500. The van der Waals surface area contributed by atoms with E-state index in [4.69, 9.17) is 10.00 Å². The third-order valence-corrected chi connectivity index (χ3v) is 6.68. The van der Waals surface area contributed by atoms with E-state index in [1.807, 2.05) is 0 Å². The lowest BCUT2D eigenvalue weighted by molar-refractivity contribution is -0.00569. The number of nitrogens with one attached hydrogen (secondary N) is 2. The van der Waals surface area contributed by atoms with Gasteiger partial charge in [-0.15, -0.1) is 0 Å². The van der Waals surface area contributed by atoms with E-state index >= 15 is 0 Å². The van der Waals surface area contributed by atoms with Crippen molar-refractivity contribution in [1.29, 1.82) is 5.26 Å². The molecule has 0 saturated carbocycles. The molecule has 0 aromatic carbocycles. The molecule has 12 heteroatoms. The van der Waals surface area contributed by atoms with E-state index in [-0.39, 0.29) is 17.6 Å². The van der Waals surface area contributed by atoms with Crippen LogP contribution >= 0.6 is 0 Å². The molecule has 0 spiro atoms. The Kier molecular flexibility index (Phi) is 7.91. The summed E-state index contributed by atoms with van der Waals surface area (Å²) in [6.45, 7) is 10.0. The Labute approximate surface area is 220 Å². The number of amides is 1. The number of carbonyl (C=O) groups is 1. The second kappa shape index (κ2) is 11.0. The molecule has 0 radical (unpaired) electrons. The molecule has 4 heterocycles. The average Bonchev–Trinajstić information content (AvgIpc) is 3.33. The maximum Gasteiger partial charge on any atom is 0.255 e. The molecule has 1 atom stereocenters. The number of morpholine rings is 1. The molecule has 1 saturated heterocycles. The lowest BCUT2D eigenvalue weighted by atomic mass is 10.0. The van der Waals surface area contributed by atoms with Crippen LogP contribution in [-0.2, 0) is 4.74 Å². The Hall–Kier alpha value is -3.66. The molecular formula is C26H33FN8O3. The van der Waals surface area contributed by atoms with Crippen LogP contribution in [0.25, 0.3) is 16.9 Å². The van der Waals surface area contributed by atoms with Crippen LogP contribution in [0.5, 0.6) is 0 Å². The number of aliphatic hydroxyl groups is 1. The van der Waals surface area contributed by atoms with Crippen molar-refractivity contribution in [3.63, 3.8) is 0 Å². The molecular weight excluding hydrogens is 491 g/mol. The van der Waals surface area contributed by atoms with E-state index in [1.54, 1.807) is 18.3 Å². The van der Waals surface area contributed by atoms with Gasteiger partial charge in [0.2, 0.25) is 0 Å². The van der Waals surface area contributed by atoms with Gasteiger partial charge in [-0.2, -0.15) is 15.0 Å². The molecule has 1 aliphatic heterocycles. The largest absolute Gasteiger partial charge is 0.387 e. The van der Waals surface area contributed by atoms with Crippen LogP contribution < -0.4 is 10.6 Å². The number of ether oxygens (including phenoxy) is 1. The topological polar surface area (TPSA) is 141 Å². The first kappa shape index (κ1) is 27.4. The van der Waals surface area contributed by atoms with E-state index < -0.39 is 17.7 Å². The maximum atomic E-state index is 14.3. The summed E-state index contributed by atoms with van der Waals surface area (Å²) in [7, 11) is 0. The number of halogens is 1. The number of hydrogen-bond donors (Lipinski definition) is 3. The van der Waals surface area contributed by atoms with Gasteiger partial charge < -0.3 is 20.5 Å². The van der Waals surface area contributed by atoms with E-state index in [1.165, 1.54) is 30.9 Å². The Morgan fingerprint density at radius 1 is 1.21 bits per heavy atom. The van der Waals surface area contributed by atoms with Gasteiger partial charge in [-0.3, -0.25) is 9.69 Å². The standard InChI is InChI=1S/C26H33FN8O3/c1-25(2,34-5-7-38-8-6-34)16-32-20-10-22(35-23-18(13-33-35)9-17(11-28)12-30-23)29-14-19(20)24(36)31-15-21(27)26(3,4)37/h9-10,12-14,21,37H,5-8,15-16H2,1-4H3,(H,29,32)(H,31,36). The van der Waals surface area contributed by atoms with Crippen molar-refractivity contribution in [3.8, 4) is 11.9 Å². The fourth-order valence-corrected chi connectivity index (χ4v) is 4.16. The van der Waals surface area contributed by atoms with Gasteiger partial charge >= 0.3 is 0 Å². The molecule has 1 amide bonds. The molecule has 1 fully saturated rings. The summed E-state index contributed by atoms with van der Waals surface area (Å²) in [5.74, 6) is -0.106. The first-order valence-electron chi connectivity index (χ1n) is 12.5. The highest BCUT2D eigenvalue weighted by atomic mass is 19.1. The minimum absolute atomic E-state index is 0.227. The molecule has 3 aromatic rings. The minimum Gasteiger partial charge on any atom is -0.387 e. The summed E-state index contributed by atoms with van der Waals surface area (Å²) in [6, 6.07) is 5.44. The Morgan fingerprint density at radius 2 is 1.95 bits per heavy atom. The summed E-state index contributed by atoms with van der Waals surface area (Å²) in [4.78, 5) is 24.2. The van der Waals surface area contributed by atoms with Crippen molar-refractivity contribution in [2.24, 2.45) is 0 Å². The summed E-state index contributed by atoms with van der Waals surface area (Å²) in [5, 5.41) is 30.0. The van der Waals surface area contributed by atoms with Crippen LogP contribution in [0, 0.1) is 11.3 Å². The first-order chi connectivity index (χ1) is 18.0. The number of alkyl halides is 1. The zero-order valence-corrected chi connectivity index (χ0v) is 22.0. The van der Waals surface area contributed by atoms with Crippen LogP contribution in [0.15, 0.2) is 30.7 Å². The first-order valence-corrected chi connectivity index (χ1v) is 12.5. The number of anilines is 1. The highest BCUT2D eigenvalue weighted by molar-refractivity contribution is 5.99. The molecule has 1 aliphatic rings. The molecule has 38 heavy (non-hydrogen) atoms. The van der Waals surface area contributed by atoms with Crippen molar-refractivity contribution in [3.05, 3.63) is 41.9 Å². The zero-order chi connectivity index (χ0) is 27.5. The highest BCUT2D eigenvalue weighted by Crippen LogP contribution is 2.24. The number of hydrogen-bond acceptors (Lipinski definition) is 9. The van der Waals surface area contributed by atoms with Gasteiger partial charge in [-0.1, -0.05) is 0 Å². The summed E-state index contributed by atoms with van der Waals surface area (Å²) >= 11 is 0. The molecule has 1 unspecified atom stereocenters. The number of rotatable bonds is 9. The number of aromatic nitrogens is 4. The van der Waals surface area contributed by atoms with Crippen LogP contribution in [0.1, 0.15) is 43.6 Å². The van der Waals surface area contributed by atoms with Crippen LogP contribution in [0.4, 0.5) is 10.1 Å². The van der Waals surface area contributed by atoms with Crippen molar-refractivity contribution in [2.45, 2.75) is 45.0 Å². The second-order valence-corrected chi connectivity index (χ2v) is 10.5. The summed E-state index contributed by atoms with van der Waals surface area (Å²) in [6.07, 6.45) is 2.82. The van der Waals surface area contributed by atoms with Crippen molar-refractivity contribution >= 4 is 22.6 Å². The molecule has 11 nitrogen and oxygen atoms in total. The lowest BCUT2D eigenvalue weighted by Crippen LogP contribution is -2.53. The van der Waals surface area contributed by atoms with Gasteiger partial charge in [0, 0.05) is 49.0 Å². The SMILES string of the molecule is CC(C)(O)C(F)CNC(=O)c1cnc(-n2ncc3cc(C#N)cnc32)cc1NCC(C)(C)N1CCOCC1. The van der Waals surface area contributed by atoms with E-state index in [2.05, 4.69) is 50.5 Å². The second-order valence-electron chi connectivity index (χ2n) is 10.5. The molecule has 4 rings (SSSR count). The van der Waals surface area contributed by atoms with Crippen LogP contribution in [0.2, 0.25) is 0 Å². The van der Waals surface area contributed by atoms with Crippen molar-refractivity contribution in [1.82, 2.24) is 30.0 Å². The lowest BCUT2D eigenvalue weighted by Gasteiger charge is -2.41. The van der Waals surface area contributed by atoms with Gasteiger partial charge in [0.1, 0.15) is 12.2 Å². The molecule has 3 N–H and O–H groups in total. The van der Waals surface area contributed by atoms with Gasteiger partial charge in [0.15, 0.2) is 11.5 Å². The normalized spacial score (nSPS) is 15.7. The third kappa shape index (κ3) is 6.07. The van der Waals surface area contributed by atoms with Gasteiger partial charge in [-0.25, -0.2) is 14.4 Å². The molecule has 0 aliphatic carbocycles. The predicted molar refractivity (Wildman–Crippen MR) is 140 cm³/mol. The fourth-order valence-electron chi connectivity index (χ4n) is 4.16. The predicted octanol–water partition coefficient (Wildman–Crippen LogP) is 2.05. The quantitative estimate of drug-likeness (QED) is 0.383. The number of fused-ring (bicyclic) bond motifs is 1. The van der Waals surface area contributed by atoms with Gasteiger partial charge in [0.25, 0.3) is 5.91 Å². The molecule has 3 aromatic heterocycles. The zero-order valence-electron chi connectivity index (χ0n) is 22.0. The maximum absolute atomic E-state index is 14.3. The highest BCUT2D eigenvalue weighted by Gasteiger charge is 2.30.